The summed E-state index contributed by atoms with van der Waals surface area (Å²) in [5, 5.41) is 23.7. The predicted molar refractivity (Wildman–Crippen MR) is 78.4 cm³/mol. The van der Waals surface area contributed by atoms with Crippen molar-refractivity contribution in [2.24, 2.45) is 0 Å². The maximum atomic E-state index is 12.1. The van der Waals surface area contributed by atoms with E-state index in [0.717, 1.165) is 0 Å². The van der Waals surface area contributed by atoms with Crippen molar-refractivity contribution < 1.29 is 19.2 Å². The first kappa shape index (κ1) is 15.7. The molecule has 1 aromatic heterocycles. The normalized spacial score (nSPS) is 13.4. The molecule has 1 aromatic carbocycles. The van der Waals surface area contributed by atoms with Crippen LogP contribution >= 0.6 is 0 Å². The summed E-state index contributed by atoms with van der Waals surface area (Å²) >= 11 is 0. The Labute approximate surface area is 126 Å². The minimum atomic E-state index is -1.41. The largest absolute Gasteiger partial charge is 0.463 e. The summed E-state index contributed by atoms with van der Waals surface area (Å²) in [5.74, 6) is 0.323. The molecule has 0 saturated heterocycles. The fraction of sp³-hybridized carbons (Fsp3) is 0.267. The summed E-state index contributed by atoms with van der Waals surface area (Å²) in [6.07, 6.45) is 0. The van der Waals surface area contributed by atoms with Gasteiger partial charge in [-0.15, -0.1) is 0 Å². The van der Waals surface area contributed by atoms with Crippen LogP contribution in [-0.4, -0.2) is 22.5 Å². The molecule has 0 aliphatic heterocycles. The molecular formula is C15H16N2O5. The number of nitrogens with one attached hydrogen (secondary N) is 1. The highest BCUT2D eigenvalue weighted by Crippen LogP contribution is 2.23. The van der Waals surface area contributed by atoms with Gasteiger partial charge >= 0.3 is 0 Å². The van der Waals surface area contributed by atoms with E-state index in [2.05, 4.69) is 5.32 Å². The molecule has 0 aliphatic carbocycles. The topological polar surface area (TPSA) is 106 Å². The minimum absolute atomic E-state index is 0.0566. The number of hydrogen-bond donors (Lipinski definition) is 2. The van der Waals surface area contributed by atoms with Gasteiger partial charge < -0.3 is 14.8 Å². The molecule has 2 rings (SSSR count). The number of nitrogens with zero attached hydrogens (tertiary/aromatic N) is 1. The zero-order chi connectivity index (χ0) is 16.3. The second-order valence-corrected chi connectivity index (χ2v) is 5.14. The predicted octanol–water partition coefficient (Wildman–Crippen LogP) is 2.13. The Bertz CT molecular complexity index is 705. The van der Waals surface area contributed by atoms with E-state index < -0.39 is 16.4 Å². The standard InChI is InChI=1S/C15H16N2O5/c1-10-7-8-13(22-10)15(2,19)9-16-14(18)11-5-3-4-6-12(11)17(20)21/h3-8,19H,9H2,1-2H3,(H,16,18). The van der Waals surface area contributed by atoms with Crippen LogP contribution in [0.5, 0.6) is 0 Å². The van der Waals surface area contributed by atoms with E-state index >= 15 is 0 Å². The molecule has 1 unspecified atom stereocenters. The van der Waals surface area contributed by atoms with Gasteiger partial charge in [-0.1, -0.05) is 12.1 Å². The van der Waals surface area contributed by atoms with Crippen LogP contribution in [0, 0.1) is 17.0 Å². The van der Waals surface area contributed by atoms with Crippen molar-refractivity contribution in [2.75, 3.05) is 6.54 Å². The van der Waals surface area contributed by atoms with Gasteiger partial charge in [-0.05, 0) is 32.0 Å². The van der Waals surface area contributed by atoms with Gasteiger partial charge in [0, 0.05) is 6.07 Å². The Morgan fingerprint density at radius 2 is 2.05 bits per heavy atom. The summed E-state index contributed by atoms with van der Waals surface area (Å²) in [4.78, 5) is 22.4. The number of nitro groups is 1. The van der Waals surface area contributed by atoms with Crippen LogP contribution in [0.15, 0.2) is 40.8 Å². The molecule has 7 nitrogen and oxygen atoms in total. The van der Waals surface area contributed by atoms with E-state index in [0.29, 0.717) is 11.5 Å². The minimum Gasteiger partial charge on any atom is -0.463 e. The summed E-state index contributed by atoms with van der Waals surface area (Å²) in [7, 11) is 0. The van der Waals surface area contributed by atoms with Crippen LogP contribution in [0.4, 0.5) is 5.69 Å². The first-order valence-corrected chi connectivity index (χ1v) is 6.62. The summed E-state index contributed by atoms with van der Waals surface area (Å²) in [6.45, 7) is 3.10. The number of nitro benzene ring substituents is 1. The van der Waals surface area contributed by atoms with E-state index in [9.17, 15) is 20.0 Å². The monoisotopic (exact) mass is 304 g/mol. The number of furan rings is 1. The maximum Gasteiger partial charge on any atom is 0.282 e. The second-order valence-electron chi connectivity index (χ2n) is 5.14. The first-order valence-electron chi connectivity index (χ1n) is 6.62. The van der Waals surface area contributed by atoms with Crippen LogP contribution in [0.25, 0.3) is 0 Å². The Balaban J connectivity index is 2.12. The molecular weight excluding hydrogens is 288 g/mol. The number of rotatable bonds is 5. The zero-order valence-electron chi connectivity index (χ0n) is 12.2. The molecule has 0 fully saturated rings. The molecule has 1 amide bonds. The Morgan fingerprint density at radius 3 is 2.64 bits per heavy atom. The zero-order valence-corrected chi connectivity index (χ0v) is 12.2. The van der Waals surface area contributed by atoms with Crippen molar-refractivity contribution in [3.8, 4) is 0 Å². The average Bonchev–Trinajstić information content (AvgIpc) is 2.92. The number of carbonyl (C=O) groups is 1. The summed E-state index contributed by atoms with van der Waals surface area (Å²) in [5.41, 5.74) is -1.75. The van der Waals surface area contributed by atoms with Crippen LogP contribution in [-0.2, 0) is 5.60 Å². The van der Waals surface area contributed by atoms with E-state index in [-0.39, 0.29) is 17.8 Å². The van der Waals surface area contributed by atoms with Gasteiger partial charge in [0.15, 0.2) is 0 Å². The molecule has 2 N–H and O–H groups in total. The van der Waals surface area contributed by atoms with Crippen molar-refractivity contribution in [1.82, 2.24) is 5.32 Å². The lowest BCUT2D eigenvalue weighted by atomic mass is 10.0. The number of amides is 1. The third kappa shape index (κ3) is 3.32. The molecule has 0 spiro atoms. The van der Waals surface area contributed by atoms with Crippen LogP contribution in [0.3, 0.4) is 0 Å². The van der Waals surface area contributed by atoms with Crippen LogP contribution in [0.1, 0.15) is 28.8 Å². The Kier molecular flexibility index (Phi) is 4.27. The quantitative estimate of drug-likeness (QED) is 0.650. The van der Waals surface area contributed by atoms with Crippen molar-refractivity contribution in [2.45, 2.75) is 19.4 Å². The molecule has 0 radical (unpaired) electrons. The number of hydrogen-bond acceptors (Lipinski definition) is 5. The van der Waals surface area contributed by atoms with E-state index in [4.69, 9.17) is 4.42 Å². The van der Waals surface area contributed by atoms with Gasteiger partial charge in [-0.25, -0.2) is 0 Å². The number of para-hydroxylation sites is 1. The molecule has 2 aromatic rings. The molecule has 1 atom stereocenters. The van der Waals surface area contributed by atoms with Gasteiger partial charge in [0.2, 0.25) is 0 Å². The van der Waals surface area contributed by atoms with Crippen molar-refractivity contribution in [3.63, 3.8) is 0 Å². The molecule has 7 heteroatoms. The van der Waals surface area contributed by atoms with Crippen molar-refractivity contribution >= 4 is 11.6 Å². The van der Waals surface area contributed by atoms with E-state index in [1.54, 1.807) is 19.1 Å². The van der Waals surface area contributed by atoms with Gasteiger partial charge in [-0.3, -0.25) is 14.9 Å². The lowest BCUT2D eigenvalue weighted by Crippen LogP contribution is -2.38. The smallest absolute Gasteiger partial charge is 0.282 e. The number of aryl methyl sites for hydroxylation is 1. The van der Waals surface area contributed by atoms with Gasteiger partial charge in [0.05, 0.1) is 11.5 Å². The summed E-state index contributed by atoms with van der Waals surface area (Å²) < 4.78 is 5.34. The fourth-order valence-corrected chi connectivity index (χ4v) is 1.98. The van der Waals surface area contributed by atoms with Crippen LogP contribution < -0.4 is 5.32 Å². The molecule has 0 bridgehead atoms. The first-order chi connectivity index (χ1) is 10.3. The molecule has 0 saturated carbocycles. The third-order valence-electron chi connectivity index (χ3n) is 3.21. The highest BCUT2D eigenvalue weighted by atomic mass is 16.6. The Hall–Kier alpha value is -2.67. The van der Waals surface area contributed by atoms with Crippen molar-refractivity contribution in [3.05, 3.63) is 63.6 Å². The number of carbonyl (C=O) groups excluding carboxylic acids is 1. The SMILES string of the molecule is Cc1ccc(C(C)(O)CNC(=O)c2ccccc2[N+](=O)[O-])o1. The Morgan fingerprint density at radius 1 is 1.36 bits per heavy atom. The highest BCUT2D eigenvalue weighted by Gasteiger charge is 2.28. The number of benzene rings is 1. The maximum absolute atomic E-state index is 12.1. The van der Waals surface area contributed by atoms with Crippen LogP contribution in [0.2, 0.25) is 0 Å². The fourth-order valence-electron chi connectivity index (χ4n) is 1.98. The van der Waals surface area contributed by atoms with Gasteiger partial charge in [-0.2, -0.15) is 0 Å². The molecule has 0 aliphatic rings. The van der Waals surface area contributed by atoms with Crippen molar-refractivity contribution in [1.29, 1.82) is 0 Å². The van der Waals surface area contributed by atoms with Gasteiger partial charge in [0.25, 0.3) is 11.6 Å². The average molecular weight is 304 g/mol. The number of aliphatic hydroxyl groups is 1. The van der Waals surface area contributed by atoms with E-state index in [1.165, 1.54) is 31.2 Å². The van der Waals surface area contributed by atoms with Gasteiger partial charge in [0.1, 0.15) is 22.7 Å². The van der Waals surface area contributed by atoms with E-state index in [1.807, 2.05) is 0 Å². The highest BCUT2D eigenvalue weighted by molar-refractivity contribution is 5.98. The third-order valence-corrected chi connectivity index (χ3v) is 3.21. The molecule has 1 heterocycles. The second kappa shape index (κ2) is 5.98. The lowest BCUT2D eigenvalue weighted by molar-refractivity contribution is -0.385. The summed E-state index contributed by atoms with van der Waals surface area (Å²) in [6, 6.07) is 8.95. The molecule has 116 valence electrons. The molecule has 22 heavy (non-hydrogen) atoms. The lowest BCUT2D eigenvalue weighted by Gasteiger charge is -2.21.